The molecule has 0 fully saturated rings. The van der Waals surface area contributed by atoms with Crippen molar-refractivity contribution in [2.75, 3.05) is 11.1 Å². The Hall–Kier alpha value is -2.89. The number of imide groups is 1. The predicted molar refractivity (Wildman–Crippen MR) is 77.1 cm³/mol. The average Bonchev–Trinajstić information content (AvgIpc) is 2.71. The van der Waals surface area contributed by atoms with Crippen molar-refractivity contribution in [1.29, 1.82) is 0 Å². The summed E-state index contributed by atoms with van der Waals surface area (Å²) in [5.41, 5.74) is 8.27. The van der Waals surface area contributed by atoms with Crippen LogP contribution in [0, 0.1) is 12.7 Å². The number of rotatable bonds is 2. The van der Waals surface area contributed by atoms with Crippen molar-refractivity contribution in [2.24, 2.45) is 0 Å². The average molecular weight is 285 g/mol. The van der Waals surface area contributed by atoms with Crippen molar-refractivity contribution < 1.29 is 14.0 Å². The van der Waals surface area contributed by atoms with Gasteiger partial charge in [-0.1, -0.05) is 0 Å². The van der Waals surface area contributed by atoms with Gasteiger partial charge in [-0.15, -0.1) is 0 Å². The van der Waals surface area contributed by atoms with E-state index in [2.05, 4.69) is 10.6 Å². The van der Waals surface area contributed by atoms with Crippen LogP contribution in [0.4, 0.5) is 21.5 Å². The van der Waals surface area contributed by atoms with E-state index in [4.69, 9.17) is 5.73 Å². The fourth-order valence-electron chi connectivity index (χ4n) is 2.21. The highest BCUT2D eigenvalue weighted by Crippen LogP contribution is 2.28. The van der Waals surface area contributed by atoms with E-state index >= 15 is 0 Å². The second-order valence-corrected chi connectivity index (χ2v) is 4.86. The summed E-state index contributed by atoms with van der Waals surface area (Å²) < 4.78 is 13.4. The van der Waals surface area contributed by atoms with Crippen LogP contribution in [0.15, 0.2) is 30.3 Å². The molecule has 0 radical (unpaired) electrons. The summed E-state index contributed by atoms with van der Waals surface area (Å²) in [6.07, 6.45) is 0. The van der Waals surface area contributed by atoms with E-state index in [-0.39, 0.29) is 11.5 Å². The molecule has 0 aromatic heterocycles. The van der Waals surface area contributed by atoms with Gasteiger partial charge in [0.1, 0.15) is 5.82 Å². The van der Waals surface area contributed by atoms with Crippen LogP contribution < -0.4 is 16.4 Å². The fourth-order valence-corrected chi connectivity index (χ4v) is 2.21. The Morgan fingerprint density at radius 2 is 1.81 bits per heavy atom. The van der Waals surface area contributed by atoms with E-state index in [0.717, 1.165) is 0 Å². The molecule has 1 heterocycles. The number of nitrogens with two attached hydrogens (primary N) is 1. The molecule has 5 nitrogen and oxygen atoms in total. The fraction of sp³-hybridized carbons (Fsp3) is 0.0667. The smallest absolute Gasteiger partial charge is 0.259 e. The highest BCUT2D eigenvalue weighted by atomic mass is 19.1. The van der Waals surface area contributed by atoms with Crippen LogP contribution in [-0.2, 0) is 0 Å². The van der Waals surface area contributed by atoms with Gasteiger partial charge in [-0.25, -0.2) is 4.39 Å². The molecule has 1 aliphatic heterocycles. The third-order valence-electron chi connectivity index (χ3n) is 3.35. The van der Waals surface area contributed by atoms with E-state index in [1.54, 1.807) is 31.2 Å². The zero-order valence-electron chi connectivity index (χ0n) is 11.2. The lowest BCUT2D eigenvalue weighted by Crippen LogP contribution is -2.19. The molecule has 2 aromatic carbocycles. The van der Waals surface area contributed by atoms with Gasteiger partial charge in [0.05, 0.1) is 22.5 Å². The number of benzene rings is 2. The number of nitrogen functional groups attached to an aromatic ring is 1. The summed E-state index contributed by atoms with van der Waals surface area (Å²) in [6, 6.07) is 7.61. The van der Waals surface area contributed by atoms with Crippen LogP contribution in [0.25, 0.3) is 0 Å². The summed E-state index contributed by atoms with van der Waals surface area (Å²) in [7, 11) is 0. The van der Waals surface area contributed by atoms with Gasteiger partial charge in [0, 0.05) is 5.69 Å². The lowest BCUT2D eigenvalue weighted by Gasteiger charge is -2.11. The summed E-state index contributed by atoms with van der Waals surface area (Å²) in [4.78, 5) is 23.1. The molecule has 0 bridgehead atoms. The molecule has 0 saturated carbocycles. The predicted octanol–water partition coefficient (Wildman–Crippen LogP) is 2.34. The Morgan fingerprint density at radius 1 is 1.10 bits per heavy atom. The van der Waals surface area contributed by atoms with Gasteiger partial charge in [0.2, 0.25) is 0 Å². The first kappa shape index (κ1) is 13.1. The van der Waals surface area contributed by atoms with E-state index in [1.165, 1.54) is 6.07 Å². The van der Waals surface area contributed by atoms with Crippen LogP contribution in [0.5, 0.6) is 0 Å². The van der Waals surface area contributed by atoms with Gasteiger partial charge in [-0.05, 0) is 42.8 Å². The minimum absolute atomic E-state index is 0.263. The Balaban J connectivity index is 1.97. The molecule has 1 aliphatic rings. The summed E-state index contributed by atoms with van der Waals surface area (Å²) in [5.74, 6) is -1.21. The van der Waals surface area contributed by atoms with Crippen molar-refractivity contribution in [2.45, 2.75) is 6.92 Å². The minimum Gasteiger partial charge on any atom is -0.397 e. The molecule has 3 rings (SSSR count). The van der Waals surface area contributed by atoms with Crippen molar-refractivity contribution >= 4 is 28.9 Å². The maximum absolute atomic E-state index is 13.4. The van der Waals surface area contributed by atoms with Crippen molar-refractivity contribution in [3.05, 3.63) is 52.8 Å². The van der Waals surface area contributed by atoms with Crippen molar-refractivity contribution in [3.8, 4) is 0 Å². The minimum atomic E-state index is -0.429. The number of hydrogen-bond donors (Lipinski definition) is 3. The molecule has 2 aromatic rings. The van der Waals surface area contributed by atoms with E-state index in [0.29, 0.717) is 28.1 Å². The molecule has 0 aliphatic carbocycles. The second-order valence-electron chi connectivity index (χ2n) is 4.86. The summed E-state index contributed by atoms with van der Waals surface area (Å²) in [5, 5.41) is 5.24. The first-order chi connectivity index (χ1) is 9.95. The first-order valence-electron chi connectivity index (χ1n) is 6.28. The maximum atomic E-state index is 13.4. The van der Waals surface area contributed by atoms with E-state index in [1.807, 2.05) is 0 Å². The number of carbonyl (C=O) groups is 2. The van der Waals surface area contributed by atoms with Crippen molar-refractivity contribution in [1.82, 2.24) is 5.32 Å². The van der Waals surface area contributed by atoms with Crippen LogP contribution in [-0.4, -0.2) is 11.8 Å². The van der Waals surface area contributed by atoms with Crippen LogP contribution >= 0.6 is 0 Å². The Labute approximate surface area is 120 Å². The topological polar surface area (TPSA) is 84.2 Å². The Bertz CT molecular complexity index is 787. The molecular formula is C15H12FN3O2. The molecule has 0 atom stereocenters. The summed E-state index contributed by atoms with van der Waals surface area (Å²) >= 11 is 0. The Kier molecular flexibility index (Phi) is 2.86. The molecular weight excluding hydrogens is 273 g/mol. The standard InChI is InChI=1S/C15H12FN3O2/c1-7-4-13(12(17)6-11(7)16)18-8-2-3-9-10(5-8)15(21)19-14(9)20/h2-6,18H,17H2,1H3,(H,19,20,21). The molecule has 6 heteroatoms. The van der Waals surface area contributed by atoms with Gasteiger partial charge in [0.15, 0.2) is 0 Å². The van der Waals surface area contributed by atoms with Crippen LogP contribution in [0.1, 0.15) is 26.3 Å². The first-order valence-corrected chi connectivity index (χ1v) is 6.28. The number of nitrogens with one attached hydrogen (secondary N) is 2. The highest BCUT2D eigenvalue weighted by Gasteiger charge is 2.26. The number of halogens is 1. The molecule has 21 heavy (non-hydrogen) atoms. The van der Waals surface area contributed by atoms with Crippen molar-refractivity contribution in [3.63, 3.8) is 0 Å². The third kappa shape index (κ3) is 2.20. The number of anilines is 3. The van der Waals surface area contributed by atoms with Crippen LogP contribution in [0.3, 0.4) is 0 Å². The molecule has 2 amide bonds. The number of fused-ring (bicyclic) bond motifs is 1. The highest BCUT2D eigenvalue weighted by molar-refractivity contribution is 6.21. The SMILES string of the molecule is Cc1cc(Nc2ccc3c(c2)C(=O)NC3=O)c(N)cc1F. The molecule has 0 saturated heterocycles. The zero-order valence-corrected chi connectivity index (χ0v) is 11.2. The number of carbonyl (C=O) groups excluding carboxylic acids is 2. The summed E-state index contributed by atoms with van der Waals surface area (Å²) in [6.45, 7) is 1.63. The number of aryl methyl sites for hydroxylation is 1. The lowest BCUT2D eigenvalue weighted by molar-refractivity contribution is 0.0879. The normalized spacial score (nSPS) is 13.0. The van der Waals surface area contributed by atoms with E-state index in [9.17, 15) is 14.0 Å². The molecule has 106 valence electrons. The second kappa shape index (κ2) is 4.59. The van der Waals surface area contributed by atoms with E-state index < -0.39 is 11.8 Å². The van der Waals surface area contributed by atoms with Crippen LogP contribution in [0.2, 0.25) is 0 Å². The van der Waals surface area contributed by atoms with Gasteiger partial charge in [-0.2, -0.15) is 0 Å². The largest absolute Gasteiger partial charge is 0.397 e. The molecule has 4 N–H and O–H groups in total. The monoisotopic (exact) mass is 285 g/mol. The van der Waals surface area contributed by atoms with Gasteiger partial charge >= 0.3 is 0 Å². The number of amides is 2. The molecule has 0 spiro atoms. The number of hydrogen-bond acceptors (Lipinski definition) is 4. The third-order valence-corrected chi connectivity index (χ3v) is 3.35. The molecule has 0 unspecified atom stereocenters. The maximum Gasteiger partial charge on any atom is 0.259 e. The van der Waals surface area contributed by atoms with Gasteiger partial charge in [-0.3, -0.25) is 14.9 Å². The Morgan fingerprint density at radius 3 is 2.57 bits per heavy atom. The quantitative estimate of drug-likeness (QED) is 0.584. The van der Waals surface area contributed by atoms with Gasteiger partial charge < -0.3 is 11.1 Å². The van der Waals surface area contributed by atoms with Gasteiger partial charge in [0.25, 0.3) is 11.8 Å². The lowest BCUT2D eigenvalue weighted by atomic mass is 10.1. The zero-order chi connectivity index (χ0) is 15.1.